The van der Waals surface area contributed by atoms with E-state index in [1.165, 1.54) is 0 Å². The van der Waals surface area contributed by atoms with Gasteiger partial charge in [0.1, 0.15) is 0 Å². The lowest BCUT2D eigenvalue weighted by Crippen LogP contribution is -2.10. The Labute approximate surface area is 332 Å². The third-order valence-electron chi connectivity index (χ3n) is 10.4. The molecule has 8 heteroatoms. The minimum atomic E-state index is 0.448. The number of benzene rings is 8. The molecule has 0 N–H and O–H groups in total. The first-order chi connectivity index (χ1) is 28.7. The van der Waals surface area contributed by atoms with E-state index >= 15 is 0 Å². The van der Waals surface area contributed by atoms with Crippen LogP contribution in [-0.2, 0) is 0 Å². The maximum absolute atomic E-state index is 6.09. The zero-order chi connectivity index (χ0) is 38.4. The highest BCUT2D eigenvalue weighted by Gasteiger charge is 2.23. The zero-order valence-electron chi connectivity index (χ0n) is 30.8. The molecule has 3 heterocycles. The Kier molecular flexibility index (Phi) is 7.96. The molecule has 2 aromatic heterocycles. The fraction of sp³-hybridized carbons (Fsp3) is 0. The lowest BCUT2D eigenvalue weighted by atomic mass is 9.92. The van der Waals surface area contributed by atoms with Crippen LogP contribution in [0.2, 0.25) is 0 Å². The summed E-state index contributed by atoms with van der Waals surface area (Å²) < 4.78 is 12.2. The number of aliphatic imine (C=N–C) groups is 2. The molecule has 8 aromatic carbocycles. The monoisotopic (exact) mass is 746 g/mol. The van der Waals surface area contributed by atoms with Gasteiger partial charge >= 0.3 is 0 Å². The van der Waals surface area contributed by atoms with Crippen molar-refractivity contribution in [2.75, 3.05) is 0 Å². The maximum Gasteiger partial charge on any atom is 0.248 e. The van der Waals surface area contributed by atoms with E-state index in [1.807, 2.05) is 84.9 Å². The van der Waals surface area contributed by atoms with E-state index in [2.05, 4.69) is 117 Å². The second-order valence-electron chi connectivity index (χ2n) is 14.1. The smallest absolute Gasteiger partial charge is 0.248 e. The van der Waals surface area contributed by atoms with Crippen molar-refractivity contribution in [3.8, 4) is 45.8 Å². The quantitative estimate of drug-likeness (QED) is 0.168. The van der Waals surface area contributed by atoms with Crippen molar-refractivity contribution in [3.05, 3.63) is 204 Å². The first-order valence-electron chi connectivity index (χ1n) is 18.9. The van der Waals surface area contributed by atoms with Crippen LogP contribution in [0.25, 0.3) is 67.4 Å². The van der Waals surface area contributed by atoms with Gasteiger partial charge in [-0.25, -0.2) is 9.98 Å². The molecule has 0 aliphatic carbocycles. The first-order valence-corrected chi connectivity index (χ1v) is 18.9. The van der Waals surface area contributed by atoms with E-state index in [0.717, 1.165) is 88.9 Å². The number of nitrogens with zero attached hydrogens (tertiary/aromatic N) is 6. The Bertz CT molecular complexity index is 2980. The first kappa shape index (κ1) is 33.3. The molecule has 0 amide bonds. The van der Waals surface area contributed by atoms with E-state index in [4.69, 9.17) is 18.8 Å². The Morgan fingerprint density at radius 2 is 0.569 bits per heavy atom. The van der Waals surface area contributed by atoms with Crippen LogP contribution < -0.4 is 0 Å². The molecular formula is C50H30N6O2. The minimum Gasteiger partial charge on any atom is -0.416 e. The fourth-order valence-electron chi connectivity index (χ4n) is 7.44. The van der Waals surface area contributed by atoms with Gasteiger partial charge < -0.3 is 8.83 Å². The Balaban J connectivity index is 1.05. The molecule has 0 fully saturated rings. The highest BCUT2D eigenvalue weighted by Crippen LogP contribution is 2.38. The second kappa shape index (κ2) is 13.9. The number of aromatic nitrogens is 4. The molecule has 272 valence electrons. The van der Waals surface area contributed by atoms with Crippen LogP contribution in [0.4, 0.5) is 11.4 Å². The third kappa shape index (κ3) is 6.06. The molecule has 10 aromatic rings. The van der Waals surface area contributed by atoms with Crippen molar-refractivity contribution in [1.82, 2.24) is 20.4 Å². The molecular weight excluding hydrogens is 717 g/mol. The number of fused-ring (bicyclic) bond motifs is 4. The van der Waals surface area contributed by atoms with Crippen molar-refractivity contribution in [1.29, 1.82) is 0 Å². The van der Waals surface area contributed by atoms with E-state index in [1.54, 1.807) is 0 Å². The van der Waals surface area contributed by atoms with Gasteiger partial charge in [-0.2, -0.15) is 0 Å². The van der Waals surface area contributed by atoms with Gasteiger partial charge in [-0.05, 0) is 94.3 Å². The van der Waals surface area contributed by atoms with Crippen LogP contribution in [-0.4, -0.2) is 31.8 Å². The van der Waals surface area contributed by atoms with Crippen molar-refractivity contribution in [3.63, 3.8) is 0 Å². The Morgan fingerprint density at radius 1 is 0.276 bits per heavy atom. The molecule has 0 saturated heterocycles. The van der Waals surface area contributed by atoms with Gasteiger partial charge in [0.2, 0.25) is 23.6 Å². The van der Waals surface area contributed by atoms with E-state index < -0.39 is 0 Å². The molecule has 0 unspecified atom stereocenters. The SMILES string of the molecule is c1ccc(-c2nnc(-c3ccc(/C4=N/c5cc6ccccc6cc5/C(c5ccc(-c6nnc(-c7ccccc7)o6)cc5)=N\c5cc6ccccc6cc54)cc3)o2)cc1. The number of rotatable bonds is 6. The summed E-state index contributed by atoms with van der Waals surface area (Å²) in [6.45, 7) is 0. The highest BCUT2D eigenvalue weighted by molar-refractivity contribution is 6.24. The van der Waals surface area contributed by atoms with E-state index in [0.29, 0.717) is 23.6 Å². The van der Waals surface area contributed by atoms with Crippen molar-refractivity contribution in [2.24, 2.45) is 9.98 Å². The van der Waals surface area contributed by atoms with Crippen LogP contribution in [0.15, 0.2) is 201 Å². The summed E-state index contributed by atoms with van der Waals surface area (Å²) in [4.78, 5) is 11.1. The normalized spacial score (nSPS) is 14.1. The van der Waals surface area contributed by atoms with Gasteiger partial charge in [-0.3, -0.25) is 0 Å². The predicted molar refractivity (Wildman–Crippen MR) is 229 cm³/mol. The zero-order valence-corrected chi connectivity index (χ0v) is 30.8. The lowest BCUT2D eigenvalue weighted by Gasteiger charge is -2.20. The molecule has 0 spiro atoms. The lowest BCUT2D eigenvalue weighted by molar-refractivity contribution is 0.584. The summed E-state index contributed by atoms with van der Waals surface area (Å²) in [5.41, 5.74) is 10.3. The Hall–Kier alpha value is -8.10. The van der Waals surface area contributed by atoms with Gasteiger partial charge in [0, 0.05) is 44.5 Å². The van der Waals surface area contributed by atoms with Gasteiger partial charge in [-0.1, -0.05) is 109 Å². The van der Waals surface area contributed by atoms with Crippen molar-refractivity contribution in [2.45, 2.75) is 0 Å². The summed E-state index contributed by atoms with van der Waals surface area (Å²) in [6.07, 6.45) is 0. The van der Waals surface area contributed by atoms with Crippen LogP contribution in [0.5, 0.6) is 0 Å². The van der Waals surface area contributed by atoms with Gasteiger partial charge in [0.25, 0.3) is 0 Å². The van der Waals surface area contributed by atoms with Gasteiger partial charge in [0.05, 0.1) is 22.8 Å². The standard InChI is InChI=1S/C50H30N6O2/c1-3-11-33(12-4-1)47-53-55-49(57-47)35-23-19-31(20-24-35)45-41-27-37-15-7-9-17-39(37)29-43(41)52-46(42-28-38-16-8-10-18-40(38)30-44(42)51-45)32-21-25-36(26-22-32)50-56-54-48(58-50)34-13-5-2-6-14-34/h1-30H/b45-41?,46-42?,51-44?,51-45-,52-43?,52-46-. The molecule has 11 rings (SSSR count). The maximum atomic E-state index is 6.09. The number of hydrogen-bond acceptors (Lipinski definition) is 8. The molecule has 1 aliphatic heterocycles. The van der Waals surface area contributed by atoms with Gasteiger partial charge in [-0.15, -0.1) is 20.4 Å². The summed E-state index contributed by atoms with van der Waals surface area (Å²) in [5, 5.41) is 21.7. The summed E-state index contributed by atoms with van der Waals surface area (Å²) in [5.74, 6) is 1.85. The summed E-state index contributed by atoms with van der Waals surface area (Å²) in [6, 6.07) is 61.2. The predicted octanol–water partition coefficient (Wildman–Crippen LogP) is 12.1. The number of hydrogen-bond donors (Lipinski definition) is 0. The molecule has 0 radical (unpaired) electrons. The highest BCUT2D eigenvalue weighted by atomic mass is 16.4. The van der Waals surface area contributed by atoms with Crippen LogP contribution in [0, 0.1) is 0 Å². The Morgan fingerprint density at radius 3 is 0.931 bits per heavy atom. The average molecular weight is 747 g/mol. The second-order valence-corrected chi connectivity index (χ2v) is 14.1. The molecule has 8 nitrogen and oxygen atoms in total. The minimum absolute atomic E-state index is 0.448. The largest absolute Gasteiger partial charge is 0.416 e. The molecule has 1 aliphatic rings. The van der Waals surface area contributed by atoms with Gasteiger partial charge in [0.15, 0.2) is 0 Å². The summed E-state index contributed by atoms with van der Waals surface area (Å²) >= 11 is 0. The van der Waals surface area contributed by atoms with Crippen molar-refractivity contribution >= 4 is 44.3 Å². The topological polar surface area (TPSA) is 103 Å². The fourth-order valence-corrected chi connectivity index (χ4v) is 7.44. The molecule has 0 atom stereocenters. The average Bonchev–Trinajstić information content (AvgIpc) is 3.99. The third-order valence-corrected chi connectivity index (χ3v) is 10.4. The molecule has 0 saturated carbocycles. The summed E-state index contributed by atoms with van der Waals surface area (Å²) in [7, 11) is 0. The molecule has 0 bridgehead atoms. The van der Waals surface area contributed by atoms with Crippen LogP contribution in [0.1, 0.15) is 22.3 Å². The van der Waals surface area contributed by atoms with E-state index in [-0.39, 0.29) is 0 Å². The molecule has 58 heavy (non-hydrogen) atoms. The van der Waals surface area contributed by atoms with Crippen molar-refractivity contribution < 1.29 is 8.83 Å². The van der Waals surface area contributed by atoms with E-state index in [9.17, 15) is 0 Å². The van der Waals surface area contributed by atoms with Crippen LogP contribution in [0.3, 0.4) is 0 Å². The van der Waals surface area contributed by atoms with Crippen LogP contribution >= 0.6 is 0 Å².